The Bertz CT molecular complexity index is 1180. The van der Waals surface area contributed by atoms with Crippen molar-refractivity contribution >= 4 is 34.3 Å². The van der Waals surface area contributed by atoms with Crippen molar-refractivity contribution in [2.45, 2.75) is 0 Å². The summed E-state index contributed by atoms with van der Waals surface area (Å²) in [7, 11) is 4.04. The molecule has 30 heavy (non-hydrogen) atoms. The minimum absolute atomic E-state index is 0.591. The van der Waals surface area contributed by atoms with Crippen molar-refractivity contribution in [2.24, 2.45) is 10.1 Å². The zero-order valence-corrected chi connectivity index (χ0v) is 17.0. The third kappa shape index (κ3) is 4.70. The first-order chi connectivity index (χ1) is 14.7. The molecule has 148 valence electrons. The normalized spacial score (nSPS) is 11.7. The van der Waals surface area contributed by atoms with Gasteiger partial charge >= 0.3 is 0 Å². The average Bonchev–Trinajstić information content (AvgIpc) is 2.79. The SMILES string of the molecule is CN(C)c1ccc(/C=N\NC(=Nc2ccccc2)c2ccc3ccccc3n2)cc1. The molecule has 0 saturated carbocycles. The third-order valence-corrected chi connectivity index (χ3v) is 4.63. The first kappa shape index (κ1) is 19.3. The number of aromatic nitrogens is 1. The van der Waals surface area contributed by atoms with Gasteiger partial charge in [-0.05, 0) is 42.0 Å². The van der Waals surface area contributed by atoms with Gasteiger partial charge in [-0.3, -0.25) is 5.43 Å². The highest BCUT2D eigenvalue weighted by atomic mass is 15.3. The maximum atomic E-state index is 4.76. The van der Waals surface area contributed by atoms with Crippen molar-refractivity contribution in [3.8, 4) is 0 Å². The minimum atomic E-state index is 0.591. The highest BCUT2D eigenvalue weighted by Crippen LogP contribution is 2.15. The maximum Gasteiger partial charge on any atom is 0.173 e. The fourth-order valence-corrected chi connectivity index (χ4v) is 3.00. The Hall–Kier alpha value is -3.99. The molecule has 1 N–H and O–H groups in total. The lowest BCUT2D eigenvalue weighted by Crippen LogP contribution is -2.20. The molecular weight excluding hydrogens is 370 g/mol. The van der Waals surface area contributed by atoms with Gasteiger partial charge in [-0.1, -0.05) is 54.6 Å². The molecule has 0 atom stereocenters. The summed E-state index contributed by atoms with van der Waals surface area (Å²) in [5.74, 6) is 0.591. The van der Waals surface area contributed by atoms with Crippen molar-refractivity contribution in [1.29, 1.82) is 0 Å². The van der Waals surface area contributed by atoms with Crippen LogP contribution in [0.2, 0.25) is 0 Å². The van der Waals surface area contributed by atoms with E-state index in [0.717, 1.165) is 33.5 Å². The first-order valence-corrected chi connectivity index (χ1v) is 9.75. The molecule has 3 aromatic carbocycles. The van der Waals surface area contributed by atoms with E-state index in [2.05, 4.69) is 27.6 Å². The number of hydrazone groups is 1. The molecule has 0 bridgehead atoms. The van der Waals surface area contributed by atoms with E-state index >= 15 is 0 Å². The second-order valence-corrected chi connectivity index (χ2v) is 7.04. The number of fused-ring (bicyclic) bond motifs is 1. The zero-order valence-electron chi connectivity index (χ0n) is 17.0. The molecule has 0 fully saturated rings. The second kappa shape index (κ2) is 9.01. The van der Waals surface area contributed by atoms with Gasteiger partial charge in [0.25, 0.3) is 0 Å². The number of anilines is 1. The highest BCUT2D eigenvalue weighted by molar-refractivity contribution is 6.00. The van der Waals surface area contributed by atoms with Crippen LogP contribution in [0.5, 0.6) is 0 Å². The van der Waals surface area contributed by atoms with Crippen molar-refractivity contribution in [3.63, 3.8) is 0 Å². The Labute approximate surface area is 176 Å². The number of benzene rings is 3. The van der Waals surface area contributed by atoms with Crippen LogP contribution in [0.1, 0.15) is 11.3 Å². The molecule has 0 radical (unpaired) electrons. The molecule has 0 saturated heterocycles. The van der Waals surface area contributed by atoms with Crippen LogP contribution in [0.25, 0.3) is 10.9 Å². The molecule has 0 unspecified atom stereocenters. The van der Waals surface area contributed by atoms with Gasteiger partial charge in [0.2, 0.25) is 0 Å². The smallest absolute Gasteiger partial charge is 0.173 e. The molecule has 1 heterocycles. The van der Waals surface area contributed by atoms with Crippen LogP contribution in [0.15, 0.2) is 101 Å². The monoisotopic (exact) mass is 393 g/mol. The Morgan fingerprint density at radius 1 is 0.833 bits per heavy atom. The largest absolute Gasteiger partial charge is 0.378 e. The topological polar surface area (TPSA) is 52.9 Å². The molecule has 4 aromatic rings. The van der Waals surface area contributed by atoms with Gasteiger partial charge in [0.1, 0.15) is 5.69 Å². The lowest BCUT2D eigenvalue weighted by atomic mass is 10.2. The number of rotatable bonds is 5. The fourth-order valence-electron chi connectivity index (χ4n) is 3.00. The van der Waals surface area contributed by atoms with E-state index < -0.39 is 0 Å². The quantitative estimate of drug-likeness (QED) is 0.295. The van der Waals surface area contributed by atoms with Gasteiger partial charge in [0, 0.05) is 25.2 Å². The molecule has 1 aromatic heterocycles. The van der Waals surface area contributed by atoms with Crippen molar-refractivity contribution in [2.75, 3.05) is 19.0 Å². The molecule has 0 aliphatic carbocycles. The number of hydrogen-bond donors (Lipinski definition) is 1. The van der Waals surface area contributed by atoms with Crippen LogP contribution in [-0.2, 0) is 0 Å². The molecule has 0 aliphatic heterocycles. The first-order valence-electron chi connectivity index (χ1n) is 9.75. The van der Waals surface area contributed by atoms with Crippen LogP contribution in [0, 0.1) is 0 Å². The van der Waals surface area contributed by atoms with E-state index in [1.54, 1.807) is 6.21 Å². The molecular formula is C25H23N5. The van der Waals surface area contributed by atoms with Crippen LogP contribution in [0.3, 0.4) is 0 Å². The van der Waals surface area contributed by atoms with Crippen molar-refractivity contribution in [1.82, 2.24) is 10.4 Å². The highest BCUT2D eigenvalue weighted by Gasteiger charge is 2.06. The van der Waals surface area contributed by atoms with Crippen LogP contribution in [0.4, 0.5) is 11.4 Å². The van der Waals surface area contributed by atoms with Gasteiger partial charge < -0.3 is 4.90 Å². The number of nitrogens with zero attached hydrogens (tertiary/aromatic N) is 4. The number of hydrogen-bond acceptors (Lipinski definition) is 4. The van der Waals surface area contributed by atoms with E-state index in [0.29, 0.717) is 5.84 Å². The summed E-state index contributed by atoms with van der Waals surface area (Å²) in [6, 6.07) is 30.0. The van der Waals surface area contributed by atoms with Crippen molar-refractivity contribution < 1.29 is 0 Å². The second-order valence-electron chi connectivity index (χ2n) is 7.04. The summed E-state index contributed by atoms with van der Waals surface area (Å²) in [5.41, 5.74) is 7.71. The summed E-state index contributed by atoms with van der Waals surface area (Å²) in [6.45, 7) is 0. The summed E-state index contributed by atoms with van der Waals surface area (Å²) in [4.78, 5) is 11.5. The predicted octanol–water partition coefficient (Wildman–Crippen LogP) is 5.00. The van der Waals surface area contributed by atoms with Gasteiger partial charge in [-0.25, -0.2) is 9.98 Å². The molecule has 5 nitrogen and oxygen atoms in total. The molecule has 0 amide bonds. The van der Waals surface area contributed by atoms with Crippen LogP contribution in [-0.4, -0.2) is 31.1 Å². The van der Waals surface area contributed by atoms with E-state index in [-0.39, 0.29) is 0 Å². The Balaban J connectivity index is 1.62. The summed E-state index contributed by atoms with van der Waals surface area (Å²) in [5, 5.41) is 5.50. The standard InChI is InChI=1S/C25H23N5/c1-30(2)22-15-12-19(13-16-22)18-26-29-25(27-21-9-4-3-5-10-21)24-17-14-20-8-6-7-11-23(20)28-24/h3-18H,1-2H3,(H,27,29)/b26-18-. The number of para-hydroxylation sites is 2. The summed E-state index contributed by atoms with van der Waals surface area (Å²) < 4.78 is 0. The average molecular weight is 393 g/mol. The van der Waals surface area contributed by atoms with Gasteiger partial charge in [0.15, 0.2) is 5.84 Å². The maximum absolute atomic E-state index is 4.76. The number of pyridine rings is 1. The lowest BCUT2D eigenvalue weighted by molar-refractivity contribution is 1.02. The predicted molar refractivity (Wildman–Crippen MR) is 126 cm³/mol. The van der Waals surface area contributed by atoms with Gasteiger partial charge in [-0.2, -0.15) is 5.10 Å². The van der Waals surface area contributed by atoms with Gasteiger partial charge in [-0.15, -0.1) is 0 Å². The van der Waals surface area contributed by atoms with Crippen LogP contribution >= 0.6 is 0 Å². The Morgan fingerprint density at radius 2 is 1.57 bits per heavy atom. The van der Waals surface area contributed by atoms with Crippen LogP contribution < -0.4 is 10.3 Å². The van der Waals surface area contributed by atoms with E-state index in [9.17, 15) is 0 Å². The molecule has 0 aliphatic rings. The Morgan fingerprint density at radius 3 is 2.33 bits per heavy atom. The third-order valence-electron chi connectivity index (χ3n) is 4.63. The van der Waals surface area contributed by atoms with Crippen molar-refractivity contribution in [3.05, 3.63) is 102 Å². The number of amidine groups is 1. The molecule has 4 rings (SSSR count). The molecule has 0 spiro atoms. The number of nitrogens with one attached hydrogen (secondary N) is 1. The van der Waals surface area contributed by atoms with E-state index in [4.69, 9.17) is 9.98 Å². The summed E-state index contributed by atoms with van der Waals surface area (Å²) >= 11 is 0. The lowest BCUT2D eigenvalue weighted by Gasteiger charge is -2.11. The number of aliphatic imine (C=N–C) groups is 1. The minimum Gasteiger partial charge on any atom is -0.378 e. The zero-order chi connectivity index (χ0) is 20.8. The summed E-state index contributed by atoms with van der Waals surface area (Å²) in [6.07, 6.45) is 1.78. The Kier molecular flexibility index (Phi) is 5.80. The van der Waals surface area contributed by atoms with Gasteiger partial charge in [0.05, 0.1) is 17.4 Å². The van der Waals surface area contributed by atoms with E-state index in [1.165, 1.54) is 0 Å². The van der Waals surface area contributed by atoms with E-state index in [1.807, 2.05) is 93.0 Å². The molecule has 5 heteroatoms. The fraction of sp³-hybridized carbons (Fsp3) is 0.0800.